The molecule has 0 saturated heterocycles. The summed E-state index contributed by atoms with van der Waals surface area (Å²) in [7, 11) is -0.738. The number of nitro groups is 1. The Morgan fingerprint density at radius 3 is 2.24 bits per heavy atom. The molecule has 0 atom stereocenters. The molecule has 0 aliphatic rings. The van der Waals surface area contributed by atoms with Crippen LogP contribution in [0.1, 0.15) is 15.9 Å². The molecule has 0 bridgehead atoms. The van der Waals surface area contributed by atoms with Gasteiger partial charge < -0.3 is 4.90 Å². The van der Waals surface area contributed by atoms with Crippen LogP contribution in [0, 0.1) is 17.0 Å². The van der Waals surface area contributed by atoms with Crippen LogP contribution in [0.15, 0.2) is 47.4 Å². The third-order valence-electron chi connectivity index (χ3n) is 3.49. The van der Waals surface area contributed by atoms with Crippen molar-refractivity contribution in [2.24, 2.45) is 0 Å². The summed E-state index contributed by atoms with van der Waals surface area (Å²) in [6, 6.07) is 9.27. The first-order valence-electron chi connectivity index (χ1n) is 7.21. The third kappa shape index (κ3) is 4.13. The van der Waals surface area contributed by atoms with Crippen LogP contribution in [0.2, 0.25) is 0 Å². The van der Waals surface area contributed by atoms with Gasteiger partial charge in [-0.1, -0.05) is 6.07 Å². The van der Waals surface area contributed by atoms with Crippen molar-refractivity contribution < 1.29 is 18.1 Å². The standard InChI is InChI=1S/C16H17N3O5S/c1-11-4-5-12(16(20)18(2)3)10-15(11)17-25(23,24)14-8-6-13(7-9-14)19(21)22/h4-10,17H,1-3H3. The zero-order valence-corrected chi connectivity index (χ0v) is 14.7. The molecule has 8 nitrogen and oxygen atoms in total. The van der Waals surface area contributed by atoms with E-state index in [9.17, 15) is 23.3 Å². The highest BCUT2D eigenvalue weighted by atomic mass is 32.2. The van der Waals surface area contributed by atoms with Gasteiger partial charge in [-0.2, -0.15) is 0 Å². The number of nitrogens with one attached hydrogen (secondary N) is 1. The molecule has 2 aromatic carbocycles. The zero-order chi connectivity index (χ0) is 18.8. The SMILES string of the molecule is Cc1ccc(C(=O)N(C)C)cc1NS(=O)(=O)c1ccc([N+](=O)[O-])cc1. The molecule has 2 rings (SSSR count). The first-order valence-corrected chi connectivity index (χ1v) is 8.70. The summed E-state index contributed by atoms with van der Waals surface area (Å²) in [5.74, 6) is -0.254. The Labute approximate surface area is 145 Å². The van der Waals surface area contributed by atoms with E-state index in [2.05, 4.69) is 4.72 Å². The van der Waals surface area contributed by atoms with E-state index in [0.29, 0.717) is 11.1 Å². The van der Waals surface area contributed by atoms with Gasteiger partial charge in [0.05, 0.1) is 15.5 Å². The number of carbonyl (C=O) groups excluding carboxylic acids is 1. The lowest BCUT2D eigenvalue weighted by Gasteiger charge is -2.14. The smallest absolute Gasteiger partial charge is 0.269 e. The molecule has 0 heterocycles. The molecule has 0 aromatic heterocycles. The van der Waals surface area contributed by atoms with Crippen LogP contribution in [0.3, 0.4) is 0 Å². The number of anilines is 1. The lowest BCUT2D eigenvalue weighted by molar-refractivity contribution is -0.384. The Kier molecular flexibility index (Phi) is 5.07. The fraction of sp³-hybridized carbons (Fsp3) is 0.188. The molecule has 1 N–H and O–H groups in total. The molecule has 0 radical (unpaired) electrons. The van der Waals surface area contributed by atoms with Crippen molar-refractivity contribution in [1.82, 2.24) is 4.90 Å². The average Bonchev–Trinajstić information content (AvgIpc) is 2.56. The molecule has 2 aromatic rings. The monoisotopic (exact) mass is 363 g/mol. The van der Waals surface area contributed by atoms with Gasteiger partial charge in [0.15, 0.2) is 0 Å². The van der Waals surface area contributed by atoms with Crippen molar-refractivity contribution >= 4 is 27.3 Å². The molecular formula is C16H17N3O5S. The highest BCUT2D eigenvalue weighted by Gasteiger charge is 2.18. The summed E-state index contributed by atoms with van der Waals surface area (Å²) in [5.41, 5.74) is 1.05. The van der Waals surface area contributed by atoms with Gasteiger partial charge in [0.2, 0.25) is 0 Å². The van der Waals surface area contributed by atoms with E-state index >= 15 is 0 Å². The second kappa shape index (κ2) is 6.89. The average molecular weight is 363 g/mol. The van der Waals surface area contributed by atoms with Gasteiger partial charge in [-0.15, -0.1) is 0 Å². The number of nitro benzene ring substituents is 1. The normalized spacial score (nSPS) is 11.0. The second-order valence-corrected chi connectivity index (χ2v) is 7.27. The van der Waals surface area contributed by atoms with Crippen molar-refractivity contribution in [1.29, 1.82) is 0 Å². The van der Waals surface area contributed by atoms with Crippen molar-refractivity contribution in [3.05, 3.63) is 63.7 Å². The highest BCUT2D eigenvalue weighted by molar-refractivity contribution is 7.92. The summed E-state index contributed by atoms with van der Waals surface area (Å²) in [5, 5.41) is 10.7. The fourth-order valence-corrected chi connectivity index (χ4v) is 3.20. The van der Waals surface area contributed by atoms with E-state index in [0.717, 1.165) is 24.3 Å². The van der Waals surface area contributed by atoms with Gasteiger partial charge in [0, 0.05) is 31.8 Å². The summed E-state index contributed by atoms with van der Waals surface area (Å²) in [6.07, 6.45) is 0. The molecule has 132 valence electrons. The van der Waals surface area contributed by atoms with E-state index in [1.807, 2.05) is 0 Å². The van der Waals surface area contributed by atoms with Crippen molar-refractivity contribution in [3.8, 4) is 0 Å². The van der Waals surface area contributed by atoms with Crippen LogP contribution in [-0.2, 0) is 10.0 Å². The lowest BCUT2D eigenvalue weighted by atomic mass is 10.1. The van der Waals surface area contributed by atoms with Gasteiger partial charge in [-0.05, 0) is 36.8 Å². The maximum atomic E-state index is 12.5. The number of sulfonamides is 1. The first kappa shape index (κ1) is 18.4. The Morgan fingerprint density at radius 1 is 1.12 bits per heavy atom. The number of amides is 1. The van der Waals surface area contributed by atoms with Crippen molar-refractivity contribution in [2.45, 2.75) is 11.8 Å². The molecule has 0 unspecified atom stereocenters. The van der Waals surface area contributed by atoms with Crippen LogP contribution >= 0.6 is 0 Å². The van der Waals surface area contributed by atoms with Crippen LogP contribution in [0.4, 0.5) is 11.4 Å². The van der Waals surface area contributed by atoms with E-state index in [1.165, 1.54) is 11.0 Å². The summed E-state index contributed by atoms with van der Waals surface area (Å²) in [4.78, 5) is 23.4. The molecule has 0 aliphatic heterocycles. The van der Waals surface area contributed by atoms with E-state index in [-0.39, 0.29) is 22.2 Å². The third-order valence-corrected chi connectivity index (χ3v) is 4.87. The number of aryl methyl sites for hydroxylation is 1. The Morgan fingerprint density at radius 2 is 1.72 bits per heavy atom. The second-order valence-electron chi connectivity index (χ2n) is 5.59. The Bertz CT molecular complexity index is 921. The number of benzene rings is 2. The van der Waals surface area contributed by atoms with E-state index in [1.54, 1.807) is 33.2 Å². The largest absolute Gasteiger partial charge is 0.345 e. The molecule has 1 amide bonds. The number of carbonyl (C=O) groups is 1. The minimum Gasteiger partial charge on any atom is -0.345 e. The minimum atomic E-state index is -3.94. The first-order chi connectivity index (χ1) is 11.6. The quantitative estimate of drug-likeness (QED) is 0.648. The van der Waals surface area contributed by atoms with Crippen LogP contribution in [-0.4, -0.2) is 38.2 Å². The Balaban J connectivity index is 2.35. The molecule has 9 heteroatoms. The van der Waals surface area contributed by atoms with Crippen molar-refractivity contribution in [3.63, 3.8) is 0 Å². The number of non-ortho nitro benzene ring substituents is 1. The molecule has 0 fully saturated rings. The topological polar surface area (TPSA) is 110 Å². The zero-order valence-electron chi connectivity index (χ0n) is 13.9. The van der Waals surface area contributed by atoms with Crippen LogP contribution in [0.5, 0.6) is 0 Å². The molecule has 25 heavy (non-hydrogen) atoms. The fourth-order valence-electron chi connectivity index (χ4n) is 2.07. The van der Waals surface area contributed by atoms with Gasteiger partial charge in [-0.25, -0.2) is 8.42 Å². The molecule has 0 saturated carbocycles. The Hall–Kier alpha value is -2.94. The van der Waals surface area contributed by atoms with Crippen LogP contribution < -0.4 is 4.72 Å². The summed E-state index contributed by atoms with van der Waals surface area (Å²) in [6.45, 7) is 1.71. The van der Waals surface area contributed by atoms with Gasteiger partial charge in [0.1, 0.15) is 0 Å². The molecule has 0 aliphatic carbocycles. The molecule has 0 spiro atoms. The van der Waals surface area contributed by atoms with E-state index < -0.39 is 14.9 Å². The number of hydrogen-bond acceptors (Lipinski definition) is 5. The summed E-state index contributed by atoms with van der Waals surface area (Å²) >= 11 is 0. The maximum Gasteiger partial charge on any atom is 0.269 e. The number of rotatable bonds is 5. The molecular weight excluding hydrogens is 346 g/mol. The maximum absolute atomic E-state index is 12.5. The minimum absolute atomic E-state index is 0.109. The van der Waals surface area contributed by atoms with Crippen molar-refractivity contribution in [2.75, 3.05) is 18.8 Å². The highest BCUT2D eigenvalue weighted by Crippen LogP contribution is 2.23. The van der Waals surface area contributed by atoms with E-state index in [4.69, 9.17) is 0 Å². The van der Waals surface area contributed by atoms with Crippen LogP contribution in [0.25, 0.3) is 0 Å². The predicted molar refractivity (Wildman–Crippen MR) is 93.1 cm³/mol. The predicted octanol–water partition coefficient (Wildman–Crippen LogP) is 2.41. The van der Waals surface area contributed by atoms with Gasteiger partial charge >= 0.3 is 0 Å². The summed E-state index contributed by atoms with van der Waals surface area (Å²) < 4.78 is 27.4. The number of nitrogens with zero attached hydrogens (tertiary/aromatic N) is 2. The van der Waals surface area contributed by atoms with Gasteiger partial charge in [0.25, 0.3) is 21.6 Å². The lowest BCUT2D eigenvalue weighted by Crippen LogP contribution is -2.22. The van der Waals surface area contributed by atoms with Gasteiger partial charge in [-0.3, -0.25) is 19.6 Å². The number of hydrogen-bond donors (Lipinski definition) is 1.